The van der Waals surface area contributed by atoms with E-state index in [1.807, 2.05) is 31.2 Å². The second-order valence-electron chi connectivity index (χ2n) is 5.31. The number of pyridine rings is 1. The average molecular weight is 367 g/mol. The number of ether oxygens (including phenoxy) is 2. The highest BCUT2D eigenvalue weighted by Crippen LogP contribution is 2.31. The Kier molecular flexibility index (Phi) is 5.11. The van der Waals surface area contributed by atoms with E-state index < -0.39 is 0 Å². The number of aromatic nitrogens is 1. The molecule has 0 bridgehead atoms. The zero-order valence-corrected chi connectivity index (χ0v) is 14.5. The number of fused-ring (bicyclic) bond motifs is 1. The third-order valence-corrected chi connectivity index (χ3v) is 4.19. The van der Waals surface area contributed by atoms with Crippen LogP contribution >= 0.6 is 23.2 Å². The Morgan fingerprint density at radius 2 is 2.00 bits per heavy atom. The summed E-state index contributed by atoms with van der Waals surface area (Å²) in [5.74, 6) is 1.10. The lowest BCUT2D eigenvalue weighted by Crippen LogP contribution is -2.43. The van der Waals surface area contributed by atoms with Crippen LogP contribution in [-0.2, 0) is 0 Å². The fraction of sp³-hybridized carbons (Fsp3) is 0.294. The molecule has 5 nitrogen and oxygen atoms in total. The van der Waals surface area contributed by atoms with Crippen LogP contribution in [0.3, 0.4) is 0 Å². The lowest BCUT2D eigenvalue weighted by atomic mass is 10.2. The maximum absolute atomic E-state index is 12.7. The largest absolute Gasteiger partial charge is 0.486 e. The number of nitrogens with zero attached hydrogens (tertiary/aromatic N) is 2. The molecule has 2 aromatic rings. The summed E-state index contributed by atoms with van der Waals surface area (Å²) in [6, 6.07) is 10.6. The Bertz CT molecular complexity index is 754. The topological polar surface area (TPSA) is 51.7 Å². The molecule has 1 unspecified atom stereocenters. The minimum atomic E-state index is -0.285. The normalized spacial score (nSPS) is 15.9. The van der Waals surface area contributed by atoms with Crippen LogP contribution in [0.15, 0.2) is 36.4 Å². The summed E-state index contributed by atoms with van der Waals surface area (Å²) in [4.78, 5) is 18.4. The summed E-state index contributed by atoms with van der Waals surface area (Å²) in [5.41, 5.74) is 0.142. The molecule has 2 heterocycles. The molecule has 0 saturated heterocycles. The van der Waals surface area contributed by atoms with Gasteiger partial charge in [0.1, 0.15) is 17.5 Å². The van der Waals surface area contributed by atoms with Crippen LogP contribution in [0.2, 0.25) is 10.2 Å². The van der Waals surface area contributed by atoms with Crippen molar-refractivity contribution in [1.82, 2.24) is 9.88 Å². The zero-order chi connectivity index (χ0) is 17.1. The molecule has 7 heteroatoms. The van der Waals surface area contributed by atoms with Gasteiger partial charge in [-0.25, -0.2) is 4.98 Å². The van der Waals surface area contributed by atoms with Crippen LogP contribution < -0.4 is 9.47 Å². The molecule has 0 radical (unpaired) electrons. The van der Waals surface area contributed by atoms with Gasteiger partial charge >= 0.3 is 0 Å². The summed E-state index contributed by atoms with van der Waals surface area (Å²) in [7, 11) is 0. The molecule has 0 saturated carbocycles. The number of likely N-dealkylation sites (N-methyl/N-ethyl adjacent to an activating group) is 1. The van der Waals surface area contributed by atoms with E-state index in [1.54, 1.807) is 17.0 Å². The minimum Gasteiger partial charge on any atom is -0.486 e. The number of carbonyl (C=O) groups is 1. The third kappa shape index (κ3) is 3.57. The number of hydrogen-bond donors (Lipinski definition) is 0. The summed E-state index contributed by atoms with van der Waals surface area (Å²) in [6.07, 6.45) is -0.262. The van der Waals surface area contributed by atoms with Gasteiger partial charge in [-0.05, 0) is 31.2 Å². The van der Waals surface area contributed by atoms with Gasteiger partial charge in [-0.2, -0.15) is 0 Å². The van der Waals surface area contributed by atoms with Gasteiger partial charge in [-0.1, -0.05) is 35.3 Å². The highest BCUT2D eigenvalue weighted by molar-refractivity contribution is 6.34. The molecule has 3 rings (SSSR count). The lowest BCUT2D eigenvalue weighted by molar-refractivity contribution is 0.0471. The maximum atomic E-state index is 12.7. The van der Waals surface area contributed by atoms with Crippen molar-refractivity contribution in [2.45, 2.75) is 13.0 Å². The molecule has 1 atom stereocenters. The third-order valence-electron chi connectivity index (χ3n) is 3.68. The summed E-state index contributed by atoms with van der Waals surface area (Å²) < 4.78 is 11.6. The van der Waals surface area contributed by atoms with Crippen LogP contribution in [0.5, 0.6) is 11.5 Å². The van der Waals surface area contributed by atoms with Crippen molar-refractivity contribution >= 4 is 29.1 Å². The van der Waals surface area contributed by atoms with E-state index in [-0.39, 0.29) is 27.9 Å². The highest BCUT2D eigenvalue weighted by atomic mass is 35.5. The monoisotopic (exact) mass is 366 g/mol. The second-order valence-corrected chi connectivity index (χ2v) is 6.10. The maximum Gasteiger partial charge on any atom is 0.274 e. The number of rotatable bonds is 4. The van der Waals surface area contributed by atoms with Crippen LogP contribution in [-0.4, -0.2) is 41.6 Å². The molecule has 24 heavy (non-hydrogen) atoms. The number of amides is 1. The smallest absolute Gasteiger partial charge is 0.274 e. The molecule has 1 aromatic carbocycles. The first kappa shape index (κ1) is 16.9. The molecular formula is C17H16Cl2N2O3. The van der Waals surface area contributed by atoms with Crippen molar-refractivity contribution in [3.05, 3.63) is 52.3 Å². The Hall–Kier alpha value is -1.98. The summed E-state index contributed by atoms with van der Waals surface area (Å²) >= 11 is 11.9. The number of carbonyl (C=O) groups excluding carboxylic acids is 1. The van der Waals surface area contributed by atoms with E-state index in [9.17, 15) is 4.79 Å². The molecule has 0 spiro atoms. The van der Waals surface area contributed by atoms with Gasteiger partial charge in [0.15, 0.2) is 17.6 Å². The van der Waals surface area contributed by atoms with Gasteiger partial charge in [-0.15, -0.1) is 0 Å². The number of para-hydroxylation sites is 2. The predicted octanol–water partition coefficient (Wildman–Crippen LogP) is 3.69. The van der Waals surface area contributed by atoms with E-state index in [0.29, 0.717) is 31.2 Å². The quantitative estimate of drug-likeness (QED) is 0.774. The standard InChI is InChI=1S/C17H16Cl2N2O3/c1-2-21(17(22)16-12(18)7-8-15(19)20-16)9-11-10-23-13-5-3-4-6-14(13)24-11/h3-8,11H,2,9-10H2,1H3. The molecule has 1 aliphatic rings. The Balaban J connectivity index is 1.73. The van der Waals surface area contributed by atoms with Crippen molar-refractivity contribution in [1.29, 1.82) is 0 Å². The van der Waals surface area contributed by atoms with Gasteiger partial charge in [0, 0.05) is 6.54 Å². The first-order valence-corrected chi connectivity index (χ1v) is 8.34. The van der Waals surface area contributed by atoms with Crippen molar-refractivity contribution in [2.24, 2.45) is 0 Å². The number of benzene rings is 1. The van der Waals surface area contributed by atoms with Crippen LogP contribution in [0.4, 0.5) is 0 Å². The fourth-order valence-electron chi connectivity index (χ4n) is 2.47. The van der Waals surface area contributed by atoms with Crippen LogP contribution in [0.25, 0.3) is 0 Å². The van der Waals surface area contributed by atoms with Gasteiger partial charge < -0.3 is 14.4 Å². The van der Waals surface area contributed by atoms with Crippen LogP contribution in [0, 0.1) is 0 Å². The summed E-state index contributed by atoms with van der Waals surface area (Å²) in [6.45, 7) is 3.12. The Labute approximate surface area is 150 Å². The highest BCUT2D eigenvalue weighted by Gasteiger charge is 2.26. The number of hydrogen-bond acceptors (Lipinski definition) is 4. The molecular weight excluding hydrogens is 351 g/mol. The number of halogens is 2. The molecule has 0 N–H and O–H groups in total. The predicted molar refractivity (Wildman–Crippen MR) is 92.2 cm³/mol. The van der Waals surface area contributed by atoms with Crippen molar-refractivity contribution in [2.75, 3.05) is 19.7 Å². The van der Waals surface area contributed by atoms with Crippen LogP contribution in [0.1, 0.15) is 17.4 Å². The lowest BCUT2D eigenvalue weighted by Gasteiger charge is -2.30. The van der Waals surface area contributed by atoms with E-state index in [4.69, 9.17) is 32.7 Å². The SMILES string of the molecule is CCN(CC1COc2ccccc2O1)C(=O)c1nc(Cl)ccc1Cl. The molecule has 1 aromatic heterocycles. The molecule has 126 valence electrons. The van der Waals surface area contributed by atoms with E-state index in [1.165, 1.54) is 0 Å². The van der Waals surface area contributed by atoms with Crippen molar-refractivity contribution in [3.63, 3.8) is 0 Å². The molecule has 0 fully saturated rings. The molecule has 1 aliphatic heterocycles. The fourth-order valence-corrected chi connectivity index (χ4v) is 2.81. The van der Waals surface area contributed by atoms with E-state index >= 15 is 0 Å². The minimum absolute atomic E-state index is 0.142. The van der Waals surface area contributed by atoms with E-state index in [0.717, 1.165) is 0 Å². The van der Waals surface area contributed by atoms with Crippen molar-refractivity contribution in [3.8, 4) is 11.5 Å². The first-order chi connectivity index (χ1) is 11.6. The van der Waals surface area contributed by atoms with Gasteiger partial charge in [0.2, 0.25) is 0 Å². The average Bonchev–Trinajstić information content (AvgIpc) is 2.61. The molecule has 1 amide bonds. The van der Waals surface area contributed by atoms with Crippen molar-refractivity contribution < 1.29 is 14.3 Å². The first-order valence-electron chi connectivity index (χ1n) is 7.58. The molecule has 0 aliphatic carbocycles. The zero-order valence-electron chi connectivity index (χ0n) is 13.0. The van der Waals surface area contributed by atoms with Gasteiger partial charge in [-0.3, -0.25) is 4.79 Å². The second kappa shape index (κ2) is 7.28. The van der Waals surface area contributed by atoms with Gasteiger partial charge in [0.25, 0.3) is 5.91 Å². The van der Waals surface area contributed by atoms with Gasteiger partial charge in [0.05, 0.1) is 11.6 Å². The Morgan fingerprint density at radius 3 is 2.75 bits per heavy atom. The Morgan fingerprint density at radius 1 is 1.25 bits per heavy atom. The summed E-state index contributed by atoms with van der Waals surface area (Å²) in [5, 5.41) is 0.499. The van der Waals surface area contributed by atoms with E-state index in [2.05, 4.69) is 4.98 Å².